The highest BCUT2D eigenvalue weighted by Gasteiger charge is 2.27. The number of pyridine rings is 1. The summed E-state index contributed by atoms with van der Waals surface area (Å²) in [6.45, 7) is 8.67. The van der Waals surface area contributed by atoms with Crippen LogP contribution in [0.2, 0.25) is 0 Å². The van der Waals surface area contributed by atoms with E-state index in [-0.39, 0.29) is 16.9 Å². The molecule has 2 heterocycles. The van der Waals surface area contributed by atoms with E-state index in [2.05, 4.69) is 10.6 Å². The summed E-state index contributed by atoms with van der Waals surface area (Å²) in [7, 11) is 0. The van der Waals surface area contributed by atoms with Gasteiger partial charge in [0.15, 0.2) is 0 Å². The van der Waals surface area contributed by atoms with Gasteiger partial charge in [-0.25, -0.2) is 9.18 Å². The van der Waals surface area contributed by atoms with Gasteiger partial charge in [-0.15, -0.1) is 0 Å². The fourth-order valence-corrected chi connectivity index (χ4v) is 3.87. The van der Waals surface area contributed by atoms with Gasteiger partial charge in [0.25, 0.3) is 5.91 Å². The SMILES string of the molecule is CC[C@@H](C)[C@H](NC(=O)c1cn(CC)c2cc(N3CCNCC3)c(F)cc2c1=O)C(=O)O. The predicted octanol–water partition coefficient (Wildman–Crippen LogP) is 1.80. The average Bonchev–Trinajstić information content (AvgIpc) is 2.77. The molecule has 168 valence electrons. The standard InChI is InChI=1S/C22H29FN4O4/c1-4-13(3)19(22(30)31)25-21(29)15-12-26(5-2)17-11-18(27-8-6-24-7-9-27)16(23)10-14(17)20(15)28/h10-13,19,24H,4-9H2,1-3H3,(H,25,29)(H,30,31)/t13-,19+/m1/s1. The highest BCUT2D eigenvalue weighted by molar-refractivity contribution is 5.99. The third kappa shape index (κ3) is 4.56. The van der Waals surface area contributed by atoms with E-state index in [1.54, 1.807) is 17.6 Å². The second kappa shape index (κ2) is 9.47. The first-order chi connectivity index (χ1) is 14.8. The van der Waals surface area contributed by atoms with Crippen molar-refractivity contribution in [2.24, 2.45) is 5.92 Å². The monoisotopic (exact) mass is 432 g/mol. The van der Waals surface area contributed by atoms with Gasteiger partial charge in [-0.2, -0.15) is 0 Å². The average molecular weight is 432 g/mol. The van der Waals surface area contributed by atoms with Crippen molar-refractivity contribution < 1.29 is 19.1 Å². The molecule has 1 aromatic heterocycles. The Hall–Kier alpha value is -2.94. The number of hydrogen-bond donors (Lipinski definition) is 3. The zero-order valence-corrected chi connectivity index (χ0v) is 18.1. The molecule has 1 aliphatic heterocycles. The van der Waals surface area contributed by atoms with E-state index in [9.17, 15) is 23.9 Å². The number of carbonyl (C=O) groups excluding carboxylic acids is 1. The van der Waals surface area contributed by atoms with Crippen molar-refractivity contribution in [3.8, 4) is 0 Å². The smallest absolute Gasteiger partial charge is 0.326 e. The number of amides is 1. The molecule has 0 aliphatic carbocycles. The molecule has 1 saturated heterocycles. The summed E-state index contributed by atoms with van der Waals surface area (Å²) in [5.41, 5.74) is 0.153. The van der Waals surface area contributed by atoms with Crippen LogP contribution in [0.4, 0.5) is 10.1 Å². The number of benzene rings is 1. The second-order valence-electron chi connectivity index (χ2n) is 7.89. The van der Waals surface area contributed by atoms with Crippen LogP contribution in [0, 0.1) is 11.7 Å². The molecule has 0 spiro atoms. The minimum Gasteiger partial charge on any atom is -0.480 e. The molecule has 8 nitrogen and oxygen atoms in total. The van der Waals surface area contributed by atoms with Crippen LogP contribution in [0.25, 0.3) is 10.9 Å². The Morgan fingerprint density at radius 3 is 2.52 bits per heavy atom. The number of aromatic nitrogens is 1. The molecule has 31 heavy (non-hydrogen) atoms. The van der Waals surface area contributed by atoms with Crippen molar-refractivity contribution in [3.63, 3.8) is 0 Å². The third-order valence-electron chi connectivity index (χ3n) is 5.96. The molecule has 1 amide bonds. The lowest BCUT2D eigenvalue weighted by Gasteiger charge is -2.30. The first kappa shape index (κ1) is 22.7. The third-order valence-corrected chi connectivity index (χ3v) is 5.96. The summed E-state index contributed by atoms with van der Waals surface area (Å²) in [4.78, 5) is 39.4. The molecule has 0 bridgehead atoms. The number of carboxylic acid groups (broad SMARTS) is 1. The van der Waals surface area contributed by atoms with Gasteiger partial charge in [0, 0.05) is 44.3 Å². The maximum atomic E-state index is 14.9. The lowest BCUT2D eigenvalue weighted by atomic mass is 9.99. The van der Waals surface area contributed by atoms with E-state index >= 15 is 0 Å². The normalized spacial score (nSPS) is 16.2. The first-order valence-corrected chi connectivity index (χ1v) is 10.6. The van der Waals surface area contributed by atoms with Crippen LogP contribution >= 0.6 is 0 Å². The maximum Gasteiger partial charge on any atom is 0.326 e. The van der Waals surface area contributed by atoms with Crippen LogP contribution in [0.5, 0.6) is 0 Å². The molecule has 1 aromatic carbocycles. The quantitative estimate of drug-likeness (QED) is 0.617. The zero-order chi connectivity index (χ0) is 22.7. The molecule has 0 saturated carbocycles. The number of carbonyl (C=O) groups is 2. The second-order valence-corrected chi connectivity index (χ2v) is 7.89. The molecular formula is C22H29FN4O4. The Bertz CT molecular complexity index is 1050. The van der Waals surface area contributed by atoms with E-state index in [1.807, 2.05) is 18.7 Å². The summed E-state index contributed by atoms with van der Waals surface area (Å²) in [5.74, 6) is -2.76. The number of carboxylic acids is 1. The summed E-state index contributed by atoms with van der Waals surface area (Å²) in [6.07, 6.45) is 1.98. The van der Waals surface area contributed by atoms with Gasteiger partial charge in [-0.3, -0.25) is 9.59 Å². The van der Waals surface area contributed by atoms with Crippen molar-refractivity contribution in [1.29, 1.82) is 0 Å². The first-order valence-electron chi connectivity index (χ1n) is 10.6. The van der Waals surface area contributed by atoms with Crippen LogP contribution in [0.1, 0.15) is 37.6 Å². The van der Waals surface area contributed by atoms with Gasteiger partial charge in [-0.1, -0.05) is 20.3 Å². The molecule has 2 atom stereocenters. The number of nitrogens with one attached hydrogen (secondary N) is 2. The van der Waals surface area contributed by atoms with Crippen molar-refractivity contribution in [2.45, 2.75) is 39.8 Å². The molecule has 3 rings (SSSR count). The molecular weight excluding hydrogens is 403 g/mol. The number of halogens is 1. The molecule has 2 aromatic rings. The number of nitrogens with zero attached hydrogens (tertiary/aromatic N) is 2. The number of rotatable bonds is 7. The maximum absolute atomic E-state index is 14.9. The van der Waals surface area contributed by atoms with Gasteiger partial charge in [0.1, 0.15) is 17.4 Å². The number of fused-ring (bicyclic) bond motifs is 1. The van der Waals surface area contributed by atoms with E-state index in [4.69, 9.17) is 0 Å². The summed E-state index contributed by atoms with van der Waals surface area (Å²) < 4.78 is 16.6. The number of aryl methyl sites for hydroxylation is 1. The van der Waals surface area contributed by atoms with Crippen LogP contribution in [0.15, 0.2) is 23.1 Å². The van der Waals surface area contributed by atoms with Crippen molar-refractivity contribution in [3.05, 3.63) is 39.9 Å². The van der Waals surface area contributed by atoms with Gasteiger partial charge in [0.2, 0.25) is 5.43 Å². The number of piperazine rings is 1. The zero-order valence-electron chi connectivity index (χ0n) is 18.1. The van der Waals surface area contributed by atoms with E-state index in [0.29, 0.717) is 37.3 Å². The molecule has 9 heteroatoms. The van der Waals surface area contributed by atoms with Gasteiger partial charge in [-0.05, 0) is 25.0 Å². The largest absolute Gasteiger partial charge is 0.480 e. The van der Waals surface area contributed by atoms with E-state index in [0.717, 1.165) is 13.1 Å². The van der Waals surface area contributed by atoms with E-state index in [1.165, 1.54) is 12.3 Å². The minimum absolute atomic E-state index is 0.0984. The Kier molecular flexibility index (Phi) is 6.94. The lowest BCUT2D eigenvalue weighted by Crippen LogP contribution is -2.46. The Labute approximate surface area is 180 Å². The van der Waals surface area contributed by atoms with Gasteiger partial charge >= 0.3 is 5.97 Å². The topological polar surface area (TPSA) is 104 Å². The highest BCUT2D eigenvalue weighted by Crippen LogP contribution is 2.25. The van der Waals surface area contributed by atoms with Crippen LogP contribution in [-0.4, -0.2) is 53.8 Å². The van der Waals surface area contributed by atoms with Crippen molar-refractivity contribution in [1.82, 2.24) is 15.2 Å². The Balaban J connectivity index is 2.06. The highest BCUT2D eigenvalue weighted by atomic mass is 19.1. The fraction of sp³-hybridized carbons (Fsp3) is 0.500. The fourth-order valence-electron chi connectivity index (χ4n) is 3.87. The molecule has 1 fully saturated rings. The Morgan fingerprint density at radius 1 is 1.26 bits per heavy atom. The molecule has 0 radical (unpaired) electrons. The van der Waals surface area contributed by atoms with Crippen LogP contribution < -0.4 is 21.0 Å². The van der Waals surface area contributed by atoms with Crippen molar-refractivity contribution >= 4 is 28.5 Å². The number of anilines is 1. The minimum atomic E-state index is -1.16. The summed E-state index contributed by atoms with van der Waals surface area (Å²) in [6, 6.07) is 1.72. The summed E-state index contributed by atoms with van der Waals surface area (Å²) in [5, 5.41) is 15.2. The van der Waals surface area contributed by atoms with E-state index < -0.39 is 29.2 Å². The van der Waals surface area contributed by atoms with Gasteiger partial charge < -0.3 is 25.2 Å². The predicted molar refractivity (Wildman–Crippen MR) is 117 cm³/mol. The van der Waals surface area contributed by atoms with Crippen molar-refractivity contribution in [2.75, 3.05) is 31.1 Å². The summed E-state index contributed by atoms with van der Waals surface area (Å²) >= 11 is 0. The van der Waals surface area contributed by atoms with Crippen LogP contribution in [-0.2, 0) is 11.3 Å². The van der Waals surface area contributed by atoms with Gasteiger partial charge in [0.05, 0.1) is 11.2 Å². The number of aliphatic carboxylic acids is 1. The Morgan fingerprint density at radius 2 is 1.94 bits per heavy atom. The molecule has 1 aliphatic rings. The lowest BCUT2D eigenvalue weighted by molar-refractivity contribution is -0.140. The molecule has 3 N–H and O–H groups in total. The number of hydrogen-bond acceptors (Lipinski definition) is 5. The molecule has 0 unspecified atom stereocenters. The van der Waals surface area contributed by atoms with Crippen LogP contribution in [0.3, 0.4) is 0 Å².